The molecule has 378 valence electrons. The second-order valence-electron chi connectivity index (χ2n) is 20.9. The van der Waals surface area contributed by atoms with E-state index in [9.17, 15) is 13.0 Å². The van der Waals surface area contributed by atoms with Crippen LogP contribution in [0.15, 0.2) is 29.2 Å². The molecule has 2 aromatic rings. The molecule has 3 nitrogen and oxygen atoms in total. The Labute approximate surface area is 435 Å². The van der Waals surface area contributed by atoms with Crippen LogP contribution in [0.3, 0.4) is 0 Å². The van der Waals surface area contributed by atoms with Crippen molar-refractivity contribution in [3.05, 3.63) is 41.0 Å². The fraction of sp³-hybridized carbons (Fsp3) is 0.836. The second kappa shape index (κ2) is 45.7. The summed E-state index contributed by atoms with van der Waals surface area (Å²) in [6, 6.07) is 8.01. The van der Waals surface area contributed by atoms with Gasteiger partial charge in [0, 0.05) is 0 Å². The average Bonchev–Trinajstić information content (AvgIpc) is 3.30. The second-order valence-corrected chi connectivity index (χ2v) is 22.2. The molecule has 0 N–H and O–H groups in total. The first-order valence-electron chi connectivity index (χ1n) is 29.5. The zero-order valence-electron chi connectivity index (χ0n) is 44.9. The predicted octanol–water partition coefficient (Wildman–Crippen LogP) is 18.0. The third-order valence-corrected chi connectivity index (χ3v) is 15.8. The van der Waals surface area contributed by atoms with E-state index in [1.54, 1.807) is 0 Å². The first kappa shape index (κ1) is 63.6. The number of benzene rings is 2. The molecule has 0 spiro atoms. The smallest absolute Gasteiger partial charge is 0.744 e. The first-order chi connectivity index (χ1) is 32.0. The molecule has 0 aliphatic rings. The van der Waals surface area contributed by atoms with Gasteiger partial charge in [0.1, 0.15) is 10.1 Å². The molecule has 2 rings (SSSR count). The van der Waals surface area contributed by atoms with Crippen molar-refractivity contribution in [3.8, 4) is 0 Å². The summed E-state index contributed by atoms with van der Waals surface area (Å²) >= 11 is 0. The van der Waals surface area contributed by atoms with E-state index in [0.29, 0.717) is 11.8 Å². The van der Waals surface area contributed by atoms with Crippen molar-refractivity contribution in [2.45, 2.75) is 334 Å². The minimum Gasteiger partial charge on any atom is -0.744 e. The summed E-state index contributed by atoms with van der Waals surface area (Å²) in [6.45, 7) is 6.88. The van der Waals surface area contributed by atoms with Gasteiger partial charge in [0.25, 0.3) is 0 Å². The van der Waals surface area contributed by atoms with Gasteiger partial charge in [-0.2, -0.15) is 0 Å². The van der Waals surface area contributed by atoms with E-state index in [1.807, 2.05) is 18.2 Å². The summed E-state index contributed by atoms with van der Waals surface area (Å²) in [4.78, 5) is 0.106. The molecule has 0 saturated heterocycles. The fourth-order valence-corrected chi connectivity index (χ4v) is 11.7. The minimum absolute atomic E-state index is 0. The molecule has 0 atom stereocenters. The standard InChI is InChI=1S/C61H110O3S.Na/c1-4-7-10-13-16-19-22-25-28-31-34-37-40-43-46-51-56-57(52-47-44-41-38-35-32-29-26-23-20-17-14-11-8-5-2)59(61(65(62,63)64)60-55-50-49-53-58(56)60)54-48-45-42-39-36-33-30-27-24-21-18-15-12-9-6-3;/h49-50,53,55H,4-48,51-52,54H2,1-3H3,(H,62,63,64);/q;+1/p-1. The first-order valence-corrected chi connectivity index (χ1v) is 30.9. The molecule has 0 aliphatic carbocycles. The maximum absolute atomic E-state index is 13.3. The van der Waals surface area contributed by atoms with Gasteiger partial charge in [-0.3, -0.25) is 0 Å². The van der Waals surface area contributed by atoms with Crippen LogP contribution in [-0.2, 0) is 29.4 Å². The Morgan fingerprint density at radius 1 is 0.303 bits per heavy atom. The van der Waals surface area contributed by atoms with Crippen LogP contribution in [0, 0.1) is 0 Å². The van der Waals surface area contributed by atoms with Crippen LogP contribution in [0.25, 0.3) is 10.8 Å². The van der Waals surface area contributed by atoms with Gasteiger partial charge in [-0.25, -0.2) is 8.42 Å². The zero-order valence-corrected chi connectivity index (χ0v) is 47.7. The Morgan fingerprint density at radius 3 is 0.773 bits per heavy atom. The van der Waals surface area contributed by atoms with Gasteiger partial charge in [0.05, 0.1) is 4.90 Å². The SMILES string of the molecule is CCCCCCCCCCCCCCCCCc1c(CCCCCCCCCCCCCCCCC)c(S(=O)(=O)[O-])c2ccccc2c1CCCCCCCCCCCCCCCCC.[Na+]. The average molecular weight is 946 g/mol. The molecule has 2 aromatic carbocycles. The minimum atomic E-state index is -4.63. The van der Waals surface area contributed by atoms with E-state index in [2.05, 4.69) is 26.8 Å². The van der Waals surface area contributed by atoms with Crippen molar-refractivity contribution in [3.63, 3.8) is 0 Å². The third-order valence-electron chi connectivity index (χ3n) is 14.8. The van der Waals surface area contributed by atoms with Crippen LogP contribution in [0.5, 0.6) is 0 Å². The summed E-state index contributed by atoms with van der Waals surface area (Å²) in [6.07, 6.45) is 62.6. The summed E-state index contributed by atoms with van der Waals surface area (Å²) in [5.41, 5.74) is 3.46. The Hall–Kier alpha value is -0.390. The molecule has 0 heterocycles. The van der Waals surface area contributed by atoms with Gasteiger partial charge in [0.15, 0.2) is 0 Å². The van der Waals surface area contributed by atoms with Gasteiger partial charge >= 0.3 is 29.6 Å². The fourth-order valence-electron chi connectivity index (χ4n) is 10.7. The molecule has 0 saturated carbocycles. The summed E-state index contributed by atoms with van der Waals surface area (Å²) in [7, 11) is -4.63. The van der Waals surface area contributed by atoms with Crippen LogP contribution >= 0.6 is 0 Å². The molecule has 66 heavy (non-hydrogen) atoms. The Kier molecular flexibility index (Phi) is 44.1. The number of unbranched alkanes of at least 4 members (excludes halogenated alkanes) is 42. The molecule has 0 amide bonds. The van der Waals surface area contributed by atoms with Crippen molar-refractivity contribution in [1.82, 2.24) is 0 Å². The number of fused-ring (bicyclic) bond motifs is 1. The Balaban J connectivity index is 0.0000218. The van der Waals surface area contributed by atoms with E-state index in [1.165, 1.54) is 274 Å². The third kappa shape index (κ3) is 32.5. The van der Waals surface area contributed by atoms with Crippen LogP contribution < -0.4 is 29.6 Å². The van der Waals surface area contributed by atoms with Crippen LogP contribution in [0.2, 0.25) is 0 Å². The number of rotatable bonds is 49. The van der Waals surface area contributed by atoms with Crippen molar-refractivity contribution >= 4 is 20.9 Å². The van der Waals surface area contributed by atoms with Crippen LogP contribution in [0.4, 0.5) is 0 Å². The van der Waals surface area contributed by atoms with Gasteiger partial charge in [-0.15, -0.1) is 0 Å². The van der Waals surface area contributed by atoms with E-state index in [4.69, 9.17) is 0 Å². The van der Waals surface area contributed by atoms with Crippen molar-refractivity contribution in [2.75, 3.05) is 0 Å². The van der Waals surface area contributed by atoms with E-state index < -0.39 is 10.1 Å². The number of hydrogen-bond acceptors (Lipinski definition) is 3. The molecule has 0 unspecified atom stereocenters. The summed E-state index contributed by atoms with van der Waals surface area (Å²) in [5, 5.41) is 1.69. The van der Waals surface area contributed by atoms with Crippen LogP contribution in [0.1, 0.15) is 326 Å². The molecule has 5 heteroatoms. The molecule has 0 aliphatic heterocycles. The monoisotopic (exact) mass is 945 g/mol. The summed E-state index contributed by atoms with van der Waals surface area (Å²) < 4.78 is 39.8. The largest absolute Gasteiger partial charge is 1.00 e. The molecule has 0 aromatic heterocycles. The summed E-state index contributed by atoms with van der Waals surface area (Å²) in [5.74, 6) is 0. The van der Waals surface area contributed by atoms with Crippen molar-refractivity contribution < 1.29 is 42.5 Å². The number of hydrogen-bond donors (Lipinski definition) is 0. The quantitative estimate of drug-likeness (QED) is 0.0377. The zero-order chi connectivity index (χ0) is 46.7. The van der Waals surface area contributed by atoms with Gasteiger partial charge in [0.2, 0.25) is 0 Å². The van der Waals surface area contributed by atoms with Crippen molar-refractivity contribution in [2.24, 2.45) is 0 Å². The molecular weight excluding hydrogens is 836 g/mol. The maximum Gasteiger partial charge on any atom is 1.00 e. The maximum atomic E-state index is 13.3. The Bertz CT molecular complexity index is 1470. The van der Waals surface area contributed by atoms with Crippen molar-refractivity contribution in [1.29, 1.82) is 0 Å². The normalized spacial score (nSPS) is 11.8. The van der Waals surface area contributed by atoms with E-state index in [-0.39, 0.29) is 34.5 Å². The Morgan fingerprint density at radius 2 is 0.515 bits per heavy atom. The topological polar surface area (TPSA) is 57.2 Å². The molecule has 0 bridgehead atoms. The van der Waals surface area contributed by atoms with Gasteiger partial charge < -0.3 is 4.55 Å². The molecular formula is C61H109NaO3S. The molecule has 0 radical (unpaired) electrons. The van der Waals surface area contributed by atoms with Gasteiger partial charge in [-0.1, -0.05) is 315 Å². The molecule has 0 fully saturated rings. The van der Waals surface area contributed by atoms with Gasteiger partial charge in [-0.05, 0) is 66.0 Å². The number of aryl methyl sites for hydroxylation is 1. The van der Waals surface area contributed by atoms with Crippen LogP contribution in [-0.4, -0.2) is 13.0 Å². The van der Waals surface area contributed by atoms with E-state index >= 15 is 0 Å². The predicted molar refractivity (Wildman–Crippen MR) is 288 cm³/mol. The van der Waals surface area contributed by atoms with E-state index in [0.717, 1.165) is 49.5 Å².